The number of hydrogen-bond donors (Lipinski definition) is 2. The van der Waals surface area contributed by atoms with Crippen LogP contribution in [0.25, 0.3) is 10.9 Å². The Hall–Kier alpha value is -2.21. The number of rotatable bonds is 5. The fourth-order valence-corrected chi connectivity index (χ4v) is 3.22. The van der Waals surface area contributed by atoms with E-state index in [2.05, 4.69) is 10.3 Å². The van der Waals surface area contributed by atoms with E-state index in [4.69, 9.17) is 0 Å². The molecule has 23 heavy (non-hydrogen) atoms. The first-order valence-electron chi connectivity index (χ1n) is 8.00. The van der Waals surface area contributed by atoms with Crippen molar-refractivity contribution in [2.45, 2.75) is 44.2 Å². The third kappa shape index (κ3) is 3.27. The van der Waals surface area contributed by atoms with Crippen LogP contribution in [-0.4, -0.2) is 32.7 Å². The zero-order valence-electron chi connectivity index (χ0n) is 13.0. The van der Waals surface area contributed by atoms with E-state index in [0.29, 0.717) is 10.9 Å². The number of aromatic nitrogens is 2. The van der Waals surface area contributed by atoms with Crippen molar-refractivity contribution in [3.8, 4) is 0 Å². The first kappa shape index (κ1) is 15.7. The fourth-order valence-electron chi connectivity index (χ4n) is 3.22. The fraction of sp³-hybridized carbons (Fsp3) is 0.471. The van der Waals surface area contributed by atoms with Crippen LogP contribution in [0.4, 0.5) is 0 Å². The number of nitrogens with zero attached hydrogens (tertiary/aromatic N) is 2. The number of nitrogens with one attached hydrogen (secondary N) is 1. The number of benzene rings is 1. The maximum atomic E-state index is 12.4. The summed E-state index contributed by atoms with van der Waals surface area (Å²) in [6, 6.07) is 7.16. The molecule has 0 aliphatic heterocycles. The number of carbonyl (C=O) groups excluding carboxylic acids is 1. The lowest BCUT2D eigenvalue weighted by molar-refractivity contribution is -0.123. The van der Waals surface area contributed by atoms with Crippen LogP contribution < -0.4 is 10.9 Å². The zero-order chi connectivity index (χ0) is 16.3. The number of aliphatic hydroxyl groups is 1. The largest absolute Gasteiger partial charge is 0.394 e. The van der Waals surface area contributed by atoms with E-state index < -0.39 is 5.54 Å². The highest BCUT2D eigenvalue weighted by Gasteiger charge is 2.34. The molecule has 1 aromatic heterocycles. The minimum absolute atomic E-state index is 0.0315. The summed E-state index contributed by atoms with van der Waals surface area (Å²) in [7, 11) is 0. The van der Waals surface area contributed by atoms with E-state index in [-0.39, 0.29) is 31.0 Å². The van der Waals surface area contributed by atoms with Crippen LogP contribution in [0.15, 0.2) is 35.4 Å². The molecule has 0 spiro atoms. The van der Waals surface area contributed by atoms with Gasteiger partial charge in [-0.05, 0) is 25.0 Å². The highest BCUT2D eigenvalue weighted by molar-refractivity contribution is 5.78. The average Bonchev–Trinajstić information content (AvgIpc) is 3.03. The van der Waals surface area contributed by atoms with Crippen molar-refractivity contribution < 1.29 is 9.90 Å². The number of hydrogen-bond acceptors (Lipinski definition) is 4. The van der Waals surface area contributed by atoms with Crippen molar-refractivity contribution in [2.24, 2.45) is 0 Å². The van der Waals surface area contributed by atoms with Crippen LogP contribution in [0.1, 0.15) is 32.1 Å². The molecular weight excluding hydrogens is 294 g/mol. The topological polar surface area (TPSA) is 84.2 Å². The van der Waals surface area contributed by atoms with E-state index >= 15 is 0 Å². The van der Waals surface area contributed by atoms with E-state index in [9.17, 15) is 14.7 Å². The first-order valence-corrected chi connectivity index (χ1v) is 8.00. The molecule has 0 atom stereocenters. The van der Waals surface area contributed by atoms with Gasteiger partial charge in [0.15, 0.2) is 0 Å². The number of para-hydroxylation sites is 1. The van der Waals surface area contributed by atoms with Gasteiger partial charge in [-0.3, -0.25) is 14.2 Å². The molecule has 1 aromatic carbocycles. The van der Waals surface area contributed by atoms with Gasteiger partial charge < -0.3 is 10.4 Å². The molecule has 6 heteroatoms. The van der Waals surface area contributed by atoms with E-state index in [1.807, 2.05) is 6.07 Å². The number of carbonyl (C=O) groups is 1. The Morgan fingerprint density at radius 3 is 2.78 bits per heavy atom. The summed E-state index contributed by atoms with van der Waals surface area (Å²) in [5.41, 5.74) is 0.0495. The van der Waals surface area contributed by atoms with Crippen molar-refractivity contribution in [3.05, 3.63) is 40.9 Å². The number of fused-ring (bicyclic) bond motifs is 1. The Bertz CT molecular complexity index is 763. The third-order valence-corrected chi connectivity index (χ3v) is 4.58. The molecular formula is C17H21N3O3. The minimum atomic E-state index is -0.469. The van der Waals surface area contributed by atoms with Crippen molar-refractivity contribution in [1.29, 1.82) is 0 Å². The first-order chi connectivity index (χ1) is 11.1. The van der Waals surface area contributed by atoms with Crippen LogP contribution in [-0.2, 0) is 11.3 Å². The van der Waals surface area contributed by atoms with Crippen molar-refractivity contribution >= 4 is 16.8 Å². The molecule has 6 nitrogen and oxygen atoms in total. The van der Waals surface area contributed by atoms with Crippen LogP contribution in [0.5, 0.6) is 0 Å². The summed E-state index contributed by atoms with van der Waals surface area (Å²) in [4.78, 5) is 28.8. The monoisotopic (exact) mass is 315 g/mol. The molecule has 1 amide bonds. The number of aliphatic hydroxyl groups excluding tert-OH is 1. The van der Waals surface area contributed by atoms with Crippen molar-refractivity contribution in [3.63, 3.8) is 0 Å². The second-order valence-corrected chi connectivity index (χ2v) is 6.20. The molecule has 1 aliphatic rings. The van der Waals surface area contributed by atoms with Gasteiger partial charge in [-0.1, -0.05) is 25.0 Å². The molecule has 1 aliphatic carbocycles. The maximum Gasteiger partial charge on any atom is 0.261 e. The molecule has 0 bridgehead atoms. The zero-order valence-corrected chi connectivity index (χ0v) is 13.0. The Kier molecular flexibility index (Phi) is 4.43. The van der Waals surface area contributed by atoms with Crippen LogP contribution in [0, 0.1) is 0 Å². The SMILES string of the molecule is O=C(CCn1cnc2ccccc2c1=O)NC1(CO)CCCC1. The second-order valence-electron chi connectivity index (χ2n) is 6.20. The molecule has 1 fully saturated rings. The average molecular weight is 315 g/mol. The predicted octanol–water partition coefficient (Wildman–Crippen LogP) is 1.21. The van der Waals surface area contributed by atoms with E-state index in [0.717, 1.165) is 25.7 Å². The summed E-state index contributed by atoms with van der Waals surface area (Å²) in [6.45, 7) is 0.250. The van der Waals surface area contributed by atoms with Crippen molar-refractivity contribution in [2.75, 3.05) is 6.61 Å². The predicted molar refractivity (Wildman–Crippen MR) is 87.0 cm³/mol. The lowest BCUT2D eigenvalue weighted by atomic mass is 9.99. The van der Waals surface area contributed by atoms with E-state index in [1.54, 1.807) is 18.2 Å². The number of amides is 1. The number of aryl methyl sites for hydroxylation is 1. The van der Waals surface area contributed by atoms with Gasteiger partial charge in [0.2, 0.25) is 5.91 Å². The van der Waals surface area contributed by atoms with Gasteiger partial charge in [0.05, 0.1) is 29.4 Å². The van der Waals surface area contributed by atoms with Gasteiger partial charge >= 0.3 is 0 Å². The lowest BCUT2D eigenvalue weighted by Crippen LogP contribution is -2.49. The van der Waals surface area contributed by atoms with Crippen LogP contribution in [0.2, 0.25) is 0 Å². The minimum Gasteiger partial charge on any atom is -0.394 e. The Morgan fingerprint density at radius 1 is 1.30 bits per heavy atom. The Balaban J connectivity index is 1.67. The van der Waals surface area contributed by atoms with Gasteiger partial charge in [0, 0.05) is 13.0 Å². The second kappa shape index (κ2) is 6.50. The molecule has 2 N–H and O–H groups in total. The molecule has 122 valence electrons. The van der Waals surface area contributed by atoms with Crippen molar-refractivity contribution in [1.82, 2.24) is 14.9 Å². The molecule has 0 radical (unpaired) electrons. The van der Waals surface area contributed by atoms with Gasteiger partial charge in [0.25, 0.3) is 5.56 Å². The summed E-state index contributed by atoms with van der Waals surface area (Å²) in [5.74, 6) is -0.138. The summed E-state index contributed by atoms with van der Waals surface area (Å²) in [6.07, 6.45) is 5.35. The summed E-state index contributed by atoms with van der Waals surface area (Å²) in [5, 5.41) is 13.0. The highest BCUT2D eigenvalue weighted by Crippen LogP contribution is 2.29. The molecule has 1 saturated carbocycles. The molecule has 0 saturated heterocycles. The molecule has 2 aromatic rings. The molecule has 3 rings (SSSR count). The Labute approximate surface area is 134 Å². The van der Waals surface area contributed by atoms with Gasteiger partial charge in [-0.15, -0.1) is 0 Å². The van der Waals surface area contributed by atoms with Gasteiger partial charge in [0.1, 0.15) is 0 Å². The van der Waals surface area contributed by atoms with E-state index in [1.165, 1.54) is 10.9 Å². The lowest BCUT2D eigenvalue weighted by Gasteiger charge is -2.28. The van der Waals surface area contributed by atoms with Crippen LogP contribution in [0.3, 0.4) is 0 Å². The molecule has 0 unspecified atom stereocenters. The smallest absolute Gasteiger partial charge is 0.261 e. The van der Waals surface area contributed by atoms with Crippen LogP contribution >= 0.6 is 0 Å². The summed E-state index contributed by atoms with van der Waals surface area (Å²) >= 11 is 0. The normalized spacial score (nSPS) is 16.6. The molecule has 1 heterocycles. The third-order valence-electron chi connectivity index (χ3n) is 4.58. The quantitative estimate of drug-likeness (QED) is 0.868. The summed E-state index contributed by atoms with van der Waals surface area (Å²) < 4.78 is 1.46. The van der Waals surface area contributed by atoms with Gasteiger partial charge in [-0.25, -0.2) is 4.98 Å². The Morgan fingerprint density at radius 2 is 2.04 bits per heavy atom. The maximum absolute atomic E-state index is 12.4. The highest BCUT2D eigenvalue weighted by atomic mass is 16.3. The van der Waals surface area contributed by atoms with Gasteiger partial charge in [-0.2, -0.15) is 0 Å². The standard InChI is InChI=1S/C17H21N3O3/c21-11-17(8-3-4-9-17)19-15(22)7-10-20-12-18-14-6-2-1-5-13(14)16(20)23/h1-2,5-6,12,21H,3-4,7-11H2,(H,19,22).